The Morgan fingerprint density at radius 2 is 1.67 bits per heavy atom. The summed E-state index contributed by atoms with van der Waals surface area (Å²) in [5, 5.41) is 0. The molecule has 3 aromatic rings. The van der Waals surface area contributed by atoms with Gasteiger partial charge in [-0.2, -0.15) is 0 Å². The van der Waals surface area contributed by atoms with Crippen LogP contribution in [0.15, 0.2) is 66.7 Å². The van der Waals surface area contributed by atoms with Gasteiger partial charge in [-0.25, -0.2) is 10.9 Å². The van der Waals surface area contributed by atoms with Crippen molar-refractivity contribution in [2.24, 2.45) is 5.92 Å². The summed E-state index contributed by atoms with van der Waals surface area (Å²) in [7, 11) is 1.73. The van der Waals surface area contributed by atoms with E-state index in [9.17, 15) is 0 Å². The number of nitrogens with zero attached hydrogens (tertiary/aromatic N) is 1. The minimum absolute atomic E-state index is 0.289. The van der Waals surface area contributed by atoms with Crippen LogP contribution in [-0.4, -0.2) is 13.7 Å². The number of hydrogen-bond donors (Lipinski definition) is 2. The first-order valence-electron chi connectivity index (χ1n) is 10.7. The number of benzene rings is 3. The Morgan fingerprint density at radius 1 is 0.900 bits per heavy atom. The molecule has 3 aromatic carbocycles. The maximum atomic E-state index is 5.44. The molecule has 30 heavy (non-hydrogen) atoms. The van der Waals surface area contributed by atoms with Gasteiger partial charge in [0, 0.05) is 24.7 Å². The molecule has 2 aliphatic heterocycles. The van der Waals surface area contributed by atoms with E-state index in [1.807, 2.05) is 6.07 Å². The highest BCUT2D eigenvalue weighted by Gasteiger charge is 2.43. The lowest BCUT2D eigenvalue weighted by molar-refractivity contribution is 0.401. The normalized spacial score (nSPS) is 22.5. The molecule has 2 aliphatic rings. The van der Waals surface area contributed by atoms with Gasteiger partial charge < -0.3 is 9.64 Å². The predicted octanol–water partition coefficient (Wildman–Crippen LogP) is 4.84. The van der Waals surface area contributed by atoms with Gasteiger partial charge in [0.1, 0.15) is 5.75 Å². The molecule has 2 N–H and O–H groups in total. The van der Waals surface area contributed by atoms with Crippen molar-refractivity contribution in [3.8, 4) is 5.75 Å². The minimum Gasteiger partial charge on any atom is -0.497 e. The summed E-state index contributed by atoms with van der Waals surface area (Å²) < 4.78 is 5.44. The van der Waals surface area contributed by atoms with Crippen molar-refractivity contribution in [2.75, 3.05) is 18.6 Å². The minimum atomic E-state index is 0.289. The van der Waals surface area contributed by atoms with Crippen LogP contribution in [0, 0.1) is 19.8 Å². The van der Waals surface area contributed by atoms with Crippen molar-refractivity contribution in [2.45, 2.75) is 32.5 Å². The average molecular weight is 400 g/mol. The Balaban J connectivity index is 1.50. The molecule has 0 saturated carbocycles. The molecule has 0 aliphatic carbocycles. The average Bonchev–Trinajstić information content (AvgIpc) is 3.18. The van der Waals surface area contributed by atoms with Crippen LogP contribution < -0.4 is 20.5 Å². The summed E-state index contributed by atoms with van der Waals surface area (Å²) in [5.41, 5.74) is 15.1. The fraction of sp³-hybridized carbons (Fsp3) is 0.308. The van der Waals surface area contributed by atoms with E-state index in [0.717, 1.165) is 18.8 Å². The van der Waals surface area contributed by atoms with Crippen molar-refractivity contribution in [1.29, 1.82) is 0 Å². The van der Waals surface area contributed by atoms with E-state index in [1.54, 1.807) is 7.11 Å². The second kappa shape index (κ2) is 7.78. The Morgan fingerprint density at radius 3 is 2.47 bits per heavy atom. The first kappa shape index (κ1) is 19.2. The molecule has 3 atom stereocenters. The van der Waals surface area contributed by atoms with Crippen molar-refractivity contribution in [3.05, 3.63) is 94.5 Å². The van der Waals surface area contributed by atoms with Crippen molar-refractivity contribution < 1.29 is 4.74 Å². The van der Waals surface area contributed by atoms with Crippen molar-refractivity contribution in [1.82, 2.24) is 10.9 Å². The number of hydrogen-bond acceptors (Lipinski definition) is 4. The van der Waals surface area contributed by atoms with Crippen LogP contribution in [0.1, 0.15) is 39.9 Å². The number of fused-ring (bicyclic) bond motifs is 3. The van der Waals surface area contributed by atoms with Crippen LogP contribution in [0.2, 0.25) is 0 Å². The Bertz CT molecular complexity index is 1050. The van der Waals surface area contributed by atoms with Crippen LogP contribution in [0.4, 0.5) is 5.69 Å². The van der Waals surface area contributed by atoms with Gasteiger partial charge >= 0.3 is 0 Å². The lowest BCUT2D eigenvalue weighted by Crippen LogP contribution is -2.39. The van der Waals surface area contributed by atoms with Gasteiger partial charge in [0.2, 0.25) is 0 Å². The molecular formula is C26H29N3O. The van der Waals surface area contributed by atoms with Crippen molar-refractivity contribution >= 4 is 5.69 Å². The van der Waals surface area contributed by atoms with Gasteiger partial charge in [-0.15, -0.1) is 0 Å². The van der Waals surface area contributed by atoms with E-state index in [-0.39, 0.29) is 6.04 Å². The van der Waals surface area contributed by atoms with Gasteiger partial charge in [-0.05, 0) is 48.7 Å². The predicted molar refractivity (Wildman–Crippen MR) is 122 cm³/mol. The molecule has 0 amide bonds. The zero-order chi connectivity index (χ0) is 20.7. The number of anilines is 1. The maximum Gasteiger partial charge on any atom is 0.119 e. The van der Waals surface area contributed by atoms with Gasteiger partial charge in [0.25, 0.3) is 0 Å². The molecule has 154 valence electrons. The molecule has 2 heterocycles. The van der Waals surface area contributed by atoms with E-state index in [4.69, 9.17) is 4.74 Å². The third-order valence-corrected chi connectivity index (χ3v) is 6.48. The van der Waals surface area contributed by atoms with Gasteiger partial charge in [0.05, 0.1) is 19.2 Å². The first-order valence-corrected chi connectivity index (χ1v) is 10.7. The third kappa shape index (κ3) is 3.47. The monoisotopic (exact) mass is 399 g/mol. The van der Waals surface area contributed by atoms with Gasteiger partial charge in [0.15, 0.2) is 0 Å². The summed E-state index contributed by atoms with van der Waals surface area (Å²) in [5.74, 6) is 1.36. The lowest BCUT2D eigenvalue weighted by atomic mass is 9.81. The summed E-state index contributed by atoms with van der Waals surface area (Å²) in [6, 6.07) is 24.8. The first-order chi connectivity index (χ1) is 14.6. The maximum absolute atomic E-state index is 5.44. The molecule has 4 nitrogen and oxygen atoms in total. The fourth-order valence-corrected chi connectivity index (χ4v) is 4.91. The molecule has 0 aromatic heterocycles. The smallest absolute Gasteiger partial charge is 0.119 e. The summed E-state index contributed by atoms with van der Waals surface area (Å²) in [4.78, 5) is 2.53. The van der Waals surface area contributed by atoms with E-state index in [1.165, 1.54) is 33.5 Å². The molecule has 0 radical (unpaired) electrons. The highest BCUT2D eigenvalue weighted by atomic mass is 16.5. The topological polar surface area (TPSA) is 36.5 Å². The number of nitrogens with one attached hydrogen (secondary N) is 2. The number of aryl methyl sites for hydroxylation is 2. The molecule has 0 bridgehead atoms. The van der Waals surface area contributed by atoms with Gasteiger partial charge in [-0.1, -0.05) is 59.7 Å². The fourth-order valence-electron chi connectivity index (χ4n) is 4.91. The highest BCUT2D eigenvalue weighted by Crippen LogP contribution is 2.45. The molecule has 3 unspecified atom stereocenters. The number of methoxy groups -OCH3 is 1. The van der Waals surface area contributed by atoms with Crippen LogP contribution in [0.25, 0.3) is 0 Å². The van der Waals surface area contributed by atoms with E-state index in [0.29, 0.717) is 12.0 Å². The van der Waals surface area contributed by atoms with E-state index in [2.05, 4.69) is 90.3 Å². The quantitative estimate of drug-likeness (QED) is 0.658. The summed E-state index contributed by atoms with van der Waals surface area (Å²) in [6.07, 6.45) is 0. The van der Waals surface area contributed by atoms with Crippen LogP contribution in [0.5, 0.6) is 5.75 Å². The largest absolute Gasteiger partial charge is 0.497 e. The SMILES string of the molecule is COc1cccc(CN2CC3C(c4ccc(C)cc4)NNC3c3cc(C)ccc32)c1. The molecule has 1 saturated heterocycles. The molecule has 0 spiro atoms. The van der Waals surface area contributed by atoms with E-state index < -0.39 is 0 Å². The molecular weight excluding hydrogens is 370 g/mol. The zero-order valence-electron chi connectivity index (χ0n) is 17.9. The number of ether oxygens (including phenoxy) is 1. The lowest BCUT2D eigenvalue weighted by Gasteiger charge is -2.39. The molecule has 1 fully saturated rings. The zero-order valence-corrected chi connectivity index (χ0v) is 17.9. The number of rotatable bonds is 4. The van der Waals surface area contributed by atoms with Crippen molar-refractivity contribution in [3.63, 3.8) is 0 Å². The van der Waals surface area contributed by atoms with Gasteiger partial charge in [-0.3, -0.25) is 0 Å². The second-order valence-electron chi connectivity index (χ2n) is 8.61. The number of hydrazine groups is 1. The van der Waals surface area contributed by atoms with Crippen LogP contribution in [0.3, 0.4) is 0 Å². The second-order valence-corrected chi connectivity index (χ2v) is 8.61. The van der Waals surface area contributed by atoms with E-state index >= 15 is 0 Å². The highest BCUT2D eigenvalue weighted by molar-refractivity contribution is 5.60. The Labute approximate surface area is 178 Å². The molecule has 5 rings (SSSR count). The summed E-state index contributed by atoms with van der Waals surface area (Å²) >= 11 is 0. The molecule has 4 heteroatoms. The van der Waals surface area contributed by atoms with Crippen LogP contribution >= 0.6 is 0 Å². The standard InChI is InChI=1S/C26H29N3O/c1-17-7-10-20(11-8-17)25-23-16-29(15-19-5-4-6-21(14-19)30-3)24-12-9-18(2)13-22(24)26(23)28-27-25/h4-14,23,25-28H,15-16H2,1-3H3. The Hall–Kier alpha value is -2.82. The summed E-state index contributed by atoms with van der Waals surface area (Å²) in [6.45, 7) is 6.19. The third-order valence-electron chi connectivity index (χ3n) is 6.48. The Kier molecular flexibility index (Phi) is 4.97. The van der Waals surface area contributed by atoms with Crippen LogP contribution in [-0.2, 0) is 6.54 Å².